The summed E-state index contributed by atoms with van der Waals surface area (Å²) >= 11 is 0. The largest absolute Gasteiger partial charge is 0.101 e. The first kappa shape index (κ1) is 29.4. The van der Waals surface area contributed by atoms with E-state index in [-0.39, 0.29) is 23.8 Å². The van der Waals surface area contributed by atoms with E-state index in [1.54, 1.807) is 25.2 Å². The van der Waals surface area contributed by atoms with E-state index in [1.165, 1.54) is 32.1 Å². The van der Waals surface area contributed by atoms with E-state index in [0.29, 0.717) is 7.92 Å². The molecule has 10 atom stereocenters. The molecule has 4 fully saturated rings. The number of benzene rings is 1. The third-order valence-corrected chi connectivity index (χ3v) is 25.9. The van der Waals surface area contributed by atoms with Crippen molar-refractivity contribution >= 4 is 42.3 Å². The zero-order valence-corrected chi connectivity index (χ0v) is 28.8. The molecule has 4 aliphatic rings. The average Bonchev–Trinajstić information content (AvgIpc) is 3.19. The molecule has 0 amide bonds. The van der Waals surface area contributed by atoms with Crippen molar-refractivity contribution in [2.24, 2.45) is 11.8 Å². The molecule has 1 aromatic rings. The highest BCUT2D eigenvalue weighted by Gasteiger charge is 2.48. The third kappa shape index (κ3) is 5.83. The summed E-state index contributed by atoms with van der Waals surface area (Å²) in [7, 11) is 0.629. The second-order valence-electron chi connectivity index (χ2n) is 13.4. The van der Waals surface area contributed by atoms with Gasteiger partial charge in [0.15, 0.2) is 0 Å². The van der Waals surface area contributed by atoms with Crippen molar-refractivity contribution < 1.29 is 0 Å². The molecule has 1 aromatic carbocycles. The molecule has 2 unspecified atom stereocenters. The molecule has 0 aromatic heterocycles. The lowest BCUT2D eigenvalue weighted by atomic mass is 9.80. The molecule has 4 aliphatic heterocycles. The Morgan fingerprint density at radius 1 is 0.622 bits per heavy atom. The molecule has 0 bridgehead atoms. The normalized spacial score (nSPS) is 46.4. The van der Waals surface area contributed by atoms with Gasteiger partial charge in [0.1, 0.15) is 0 Å². The Bertz CT molecular complexity index is 870. The van der Waals surface area contributed by atoms with Crippen LogP contribution in [-0.2, 0) is 0 Å². The lowest BCUT2D eigenvalue weighted by Crippen LogP contribution is -2.33. The Morgan fingerprint density at radius 2 is 1.14 bits per heavy atom. The van der Waals surface area contributed by atoms with Crippen LogP contribution in [0, 0.1) is 11.8 Å². The van der Waals surface area contributed by atoms with Crippen LogP contribution in [0.2, 0.25) is 0 Å². The van der Waals surface area contributed by atoms with Crippen molar-refractivity contribution in [3.63, 3.8) is 0 Å². The number of hydrogen-bond acceptors (Lipinski definition) is 0. The zero-order chi connectivity index (χ0) is 26.4. The molecule has 208 valence electrons. The maximum absolute atomic E-state index is 2.71. The summed E-state index contributed by atoms with van der Waals surface area (Å²) in [6.45, 7) is 20.7. The van der Waals surface area contributed by atoms with E-state index >= 15 is 0 Å². The monoisotopic (exact) mass is 576 g/mol. The van der Waals surface area contributed by atoms with Gasteiger partial charge in [-0.05, 0) is 125 Å². The molecule has 0 nitrogen and oxygen atoms in total. The van der Waals surface area contributed by atoms with Crippen molar-refractivity contribution in [2.45, 2.75) is 146 Å². The van der Waals surface area contributed by atoms with Crippen LogP contribution in [0.1, 0.15) is 100 Å². The molecule has 4 heterocycles. The fourth-order valence-electron chi connectivity index (χ4n) is 9.10. The highest BCUT2D eigenvalue weighted by atomic mass is 31.1. The Hall–Kier alpha value is 0.940. The first-order valence-electron chi connectivity index (χ1n) is 15.9. The smallest absolute Gasteiger partial charge is 0.0158 e. The molecule has 0 saturated carbocycles. The van der Waals surface area contributed by atoms with Gasteiger partial charge < -0.3 is 0 Å². The minimum Gasteiger partial charge on any atom is -0.101 e. The molecule has 0 radical (unpaired) electrons. The van der Waals surface area contributed by atoms with Crippen LogP contribution in [0.5, 0.6) is 0 Å². The first-order chi connectivity index (χ1) is 17.8. The van der Waals surface area contributed by atoms with E-state index in [2.05, 4.69) is 79.7 Å². The van der Waals surface area contributed by atoms with E-state index in [1.807, 2.05) is 10.6 Å². The van der Waals surface area contributed by atoms with Gasteiger partial charge >= 0.3 is 0 Å². The van der Waals surface area contributed by atoms with E-state index in [9.17, 15) is 0 Å². The molecule has 0 aliphatic carbocycles. The summed E-state index contributed by atoms with van der Waals surface area (Å²) in [6, 6.07) is 9.99. The quantitative estimate of drug-likeness (QED) is 0.270. The van der Waals surface area contributed by atoms with Gasteiger partial charge in [-0.25, -0.2) is 0 Å². The van der Waals surface area contributed by atoms with Gasteiger partial charge in [-0.1, -0.05) is 103 Å². The fourth-order valence-corrected chi connectivity index (χ4v) is 23.9. The molecule has 0 N–H and O–H groups in total. The number of rotatable bonds is 8. The second kappa shape index (κ2) is 12.4. The fraction of sp³-hybridized carbons (Fsp3) is 0.818. The summed E-state index contributed by atoms with van der Waals surface area (Å²) < 4.78 is 0. The van der Waals surface area contributed by atoms with Crippen molar-refractivity contribution in [3.8, 4) is 0 Å². The molecule has 4 saturated heterocycles. The van der Waals surface area contributed by atoms with Crippen LogP contribution in [0.4, 0.5) is 0 Å². The predicted molar refractivity (Wildman–Crippen MR) is 178 cm³/mol. The standard InChI is InChI=1S/C33H56P4/c1-9-29-15-16-30(10-2)37(29)33-14-12-11-13-32(33)36-24(5)21-31(27(36)8)28-19-22(3)34(23(4)20-28)17-18-35-25(6)26(35)7/h11-14,22-31H,9-10,15-21H2,1-8H3/t22-,23-,24+,25+,26+,27+,28?,29+,30+,31?,34?,36?/m0/s1. The van der Waals surface area contributed by atoms with Gasteiger partial charge in [0.25, 0.3) is 0 Å². The van der Waals surface area contributed by atoms with Gasteiger partial charge in [-0.2, -0.15) is 0 Å². The summed E-state index contributed by atoms with van der Waals surface area (Å²) in [5.41, 5.74) is 7.92. The van der Waals surface area contributed by atoms with E-state index < -0.39 is 0 Å². The molecular weight excluding hydrogens is 520 g/mol. The predicted octanol–water partition coefficient (Wildman–Crippen LogP) is 9.99. The van der Waals surface area contributed by atoms with Crippen molar-refractivity contribution in [1.82, 2.24) is 0 Å². The van der Waals surface area contributed by atoms with Gasteiger partial charge in [-0.3, -0.25) is 0 Å². The Labute approximate surface area is 235 Å². The highest BCUT2D eigenvalue weighted by molar-refractivity contribution is 7.73. The summed E-state index contributed by atoms with van der Waals surface area (Å²) in [6.07, 6.45) is 13.6. The van der Waals surface area contributed by atoms with Gasteiger partial charge in [0.2, 0.25) is 0 Å². The maximum atomic E-state index is 2.71. The lowest BCUT2D eigenvalue weighted by molar-refractivity contribution is 0.277. The first-order valence-corrected chi connectivity index (χ1v) is 22.2. The molecule has 4 heteroatoms. The van der Waals surface area contributed by atoms with Gasteiger partial charge in [-0.15, -0.1) is 7.92 Å². The van der Waals surface area contributed by atoms with Crippen molar-refractivity contribution in [3.05, 3.63) is 24.3 Å². The Morgan fingerprint density at radius 3 is 1.65 bits per heavy atom. The topological polar surface area (TPSA) is 0 Å². The summed E-state index contributed by atoms with van der Waals surface area (Å²) in [5, 5.41) is 3.72. The minimum absolute atomic E-state index is 0.0177. The zero-order valence-electron chi connectivity index (χ0n) is 25.2. The Kier molecular flexibility index (Phi) is 9.89. The average molecular weight is 577 g/mol. The van der Waals surface area contributed by atoms with Crippen LogP contribution in [0.3, 0.4) is 0 Å². The van der Waals surface area contributed by atoms with Crippen molar-refractivity contribution in [2.75, 3.05) is 12.3 Å². The molecule has 37 heavy (non-hydrogen) atoms. The molecular formula is C33H56P4. The molecule has 0 spiro atoms. The summed E-state index contributed by atoms with van der Waals surface area (Å²) in [5.74, 6) is 1.97. The second-order valence-corrected chi connectivity index (χ2v) is 25.5. The highest BCUT2D eigenvalue weighted by Crippen LogP contribution is 2.69. The van der Waals surface area contributed by atoms with Crippen LogP contribution < -0.4 is 10.6 Å². The van der Waals surface area contributed by atoms with Crippen LogP contribution >= 0.6 is 31.7 Å². The van der Waals surface area contributed by atoms with Gasteiger partial charge in [0, 0.05) is 0 Å². The van der Waals surface area contributed by atoms with E-state index in [0.717, 1.165) is 57.1 Å². The van der Waals surface area contributed by atoms with Crippen LogP contribution in [0.25, 0.3) is 0 Å². The van der Waals surface area contributed by atoms with E-state index in [4.69, 9.17) is 0 Å². The minimum atomic E-state index is -0.0445. The van der Waals surface area contributed by atoms with Crippen LogP contribution in [0.15, 0.2) is 24.3 Å². The summed E-state index contributed by atoms with van der Waals surface area (Å²) in [4.78, 5) is 0. The molecule has 5 rings (SSSR count). The number of hydrogen-bond donors (Lipinski definition) is 0. The lowest BCUT2D eigenvalue weighted by Gasteiger charge is -2.43. The third-order valence-electron chi connectivity index (χ3n) is 11.4. The van der Waals surface area contributed by atoms with Crippen molar-refractivity contribution in [1.29, 1.82) is 0 Å². The Balaban J connectivity index is 1.30. The van der Waals surface area contributed by atoms with Crippen LogP contribution in [-0.4, -0.2) is 57.6 Å². The maximum Gasteiger partial charge on any atom is -0.0158 e. The SMILES string of the molecule is CC[C@@H]1CC[C@@H](CC)P1c1ccccc1P1[C@H](C)CC(C2C[C@H](C)P(CCP3[C@H](C)[C@H]3C)[C@@H](C)C2)[C@H]1C. The van der Waals surface area contributed by atoms with Gasteiger partial charge in [0.05, 0.1) is 0 Å².